The number of rotatable bonds is 4. The van der Waals surface area contributed by atoms with E-state index in [0.717, 1.165) is 24.3 Å². The van der Waals surface area contributed by atoms with Crippen LogP contribution < -0.4 is 5.32 Å². The molecule has 2 nitrogen and oxygen atoms in total. The lowest BCUT2D eigenvalue weighted by Gasteiger charge is -2.46. The topological polar surface area (TPSA) is 15.3 Å². The normalized spacial score (nSPS) is 26.7. The van der Waals surface area contributed by atoms with Crippen molar-refractivity contribution in [1.82, 2.24) is 10.2 Å². The lowest BCUT2D eigenvalue weighted by molar-refractivity contribution is 0.0620. The van der Waals surface area contributed by atoms with Gasteiger partial charge in [0.2, 0.25) is 0 Å². The van der Waals surface area contributed by atoms with Crippen LogP contribution in [0.25, 0.3) is 0 Å². The number of hydrogen-bond acceptors (Lipinski definition) is 2. The van der Waals surface area contributed by atoms with E-state index in [1.807, 2.05) is 0 Å². The van der Waals surface area contributed by atoms with E-state index in [1.165, 1.54) is 13.1 Å². The van der Waals surface area contributed by atoms with Crippen LogP contribution in [0.4, 0.5) is 0 Å². The zero-order chi connectivity index (χ0) is 14.8. The highest BCUT2D eigenvalue weighted by molar-refractivity contribution is 4.91. The van der Waals surface area contributed by atoms with Gasteiger partial charge in [0.15, 0.2) is 0 Å². The van der Waals surface area contributed by atoms with E-state index >= 15 is 0 Å². The molecule has 1 aliphatic heterocycles. The minimum atomic E-state index is 0.351. The van der Waals surface area contributed by atoms with Crippen molar-refractivity contribution in [3.63, 3.8) is 0 Å². The van der Waals surface area contributed by atoms with Crippen LogP contribution in [-0.4, -0.2) is 36.6 Å². The molecule has 0 aromatic rings. The molecule has 2 heteroatoms. The number of nitrogens with zero attached hydrogens (tertiary/aromatic N) is 1. The van der Waals surface area contributed by atoms with Gasteiger partial charge in [0.05, 0.1) is 0 Å². The maximum atomic E-state index is 3.73. The summed E-state index contributed by atoms with van der Waals surface area (Å²) in [5, 5.41) is 3.73. The first-order chi connectivity index (χ1) is 8.62. The fraction of sp³-hybridized carbons (Fsp3) is 1.00. The Morgan fingerprint density at radius 2 is 1.63 bits per heavy atom. The maximum absolute atomic E-state index is 3.73. The predicted molar refractivity (Wildman–Crippen MR) is 85.4 cm³/mol. The second kappa shape index (κ2) is 6.58. The van der Waals surface area contributed by atoms with Gasteiger partial charge in [-0.05, 0) is 30.1 Å². The van der Waals surface area contributed by atoms with Gasteiger partial charge in [-0.3, -0.25) is 4.90 Å². The summed E-state index contributed by atoms with van der Waals surface area (Å²) in [4.78, 5) is 2.72. The first kappa shape index (κ1) is 17.0. The summed E-state index contributed by atoms with van der Waals surface area (Å²) in [7, 11) is 0. The van der Waals surface area contributed by atoms with E-state index in [4.69, 9.17) is 0 Å². The van der Waals surface area contributed by atoms with Gasteiger partial charge in [0, 0.05) is 31.7 Å². The van der Waals surface area contributed by atoms with Crippen molar-refractivity contribution in [3.05, 3.63) is 0 Å². The lowest BCUT2D eigenvalue weighted by Crippen LogP contribution is -2.60. The van der Waals surface area contributed by atoms with E-state index in [0.29, 0.717) is 17.5 Å². The van der Waals surface area contributed by atoms with Crippen molar-refractivity contribution in [2.45, 2.75) is 67.5 Å². The average molecular weight is 268 g/mol. The standard InChI is InChI=1S/C17H36N2/c1-12(2)15(13(3)4)10-19-11-16(17(6,7)8)18-9-14(19)5/h12-16,18H,9-11H2,1-8H3. The molecule has 1 aliphatic rings. The molecule has 0 aromatic carbocycles. The van der Waals surface area contributed by atoms with E-state index < -0.39 is 0 Å². The number of piperazine rings is 1. The summed E-state index contributed by atoms with van der Waals surface area (Å²) in [5.41, 5.74) is 0.351. The molecule has 1 heterocycles. The molecule has 1 saturated heterocycles. The number of nitrogens with one attached hydrogen (secondary N) is 1. The largest absolute Gasteiger partial charge is 0.311 e. The highest BCUT2D eigenvalue weighted by Crippen LogP contribution is 2.27. The van der Waals surface area contributed by atoms with Crippen LogP contribution in [0.5, 0.6) is 0 Å². The molecule has 0 amide bonds. The van der Waals surface area contributed by atoms with Crippen LogP contribution in [0.3, 0.4) is 0 Å². The van der Waals surface area contributed by atoms with Crippen molar-refractivity contribution < 1.29 is 0 Å². The van der Waals surface area contributed by atoms with Gasteiger partial charge in [0.1, 0.15) is 0 Å². The molecule has 2 atom stereocenters. The van der Waals surface area contributed by atoms with Crippen LogP contribution in [0.15, 0.2) is 0 Å². The van der Waals surface area contributed by atoms with Crippen LogP contribution in [0.2, 0.25) is 0 Å². The Labute approximate surface area is 121 Å². The molecule has 1 N–H and O–H groups in total. The van der Waals surface area contributed by atoms with E-state index in [-0.39, 0.29) is 0 Å². The third-order valence-electron chi connectivity index (χ3n) is 4.90. The third kappa shape index (κ3) is 4.75. The predicted octanol–water partition coefficient (Wildman–Crippen LogP) is 3.62. The molecule has 0 saturated carbocycles. The quantitative estimate of drug-likeness (QED) is 0.838. The molecular weight excluding hydrogens is 232 g/mol. The fourth-order valence-electron chi connectivity index (χ4n) is 3.22. The van der Waals surface area contributed by atoms with Crippen LogP contribution in [0.1, 0.15) is 55.4 Å². The average Bonchev–Trinajstić information content (AvgIpc) is 2.25. The first-order valence-corrected chi connectivity index (χ1v) is 8.10. The summed E-state index contributed by atoms with van der Waals surface area (Å²) in [6.07, 6.45) is 0. The van der Waals surface area contributed by atoms with Crippen molar-refractivity contribution in [3.8, 4) is 0 Å². The Morgan fingerprint density at radius 1 is 1.11 bits per heavy atom. The maximum Gasteiger partial charge on any atom is 0.0244 e. The first-order valence-electron chi connectivity index (χ1n) is 8.10. The summed E-state index contributed by atoms with van der Waals surface area (Å²) >= 11 is 0. The molecule has 0 spiro atoms. The smallest absolute Gasteiger partial charge is 0.0244 e. The third-order valence-corrected chi connectivity index (χ3v) is 4.90. The Balaban J connectivity index is 2.69. The van der Waals surface area contributed by atoms with Crippen LogP contribution in [0, 0.1) is 23.2 Å². The molecule has 1 rings (SSSR count). The molecule has 114 valence electrons. The Kier molecular flexibility index (Phi) is 5.88. The summed E-state index contributed by atoms with van der Waals surface area (Å²) < 4.78 is 0. The Morgan fingerprint density at radius 3 is 2.05 bits per heavy atom. The van der Waals surface area contributed by atoms with Gasteiger partial charge in [0.25, 0.3) is 0 Å². The second-order valence-corrected chi connectivity index (χ2v) is 8.28. The highest BCUT2D eigenvalue weighted by Gasteiger charge is 2.34. The summed E-state index contributed by atoms with van der Waals surface area (Å²) in [6.45, 7) is 22.5. The van der Waals surface area contributed by atoms with Crippen molar-refractivity contribution in [2.24, 2.45) is 23.2 Å². The SMILES string of the molecule is CC(C)C(CN1CC(C(C)(C)C)NCC1C)C(C)C. The Hall–Kier alpha value is -0.0800. The minimum absolute atomic E-state index is 0.351. The van der Waals surface area contributed by atoms with Gasteiger partial charge in [-0.1, -0.05) is 48.5 Å². The minimum Gasteiger partial charge on any atom is -0.311 e. The monoisotopic (exact) mass is 268 g/mol. The zero-order valence-corrected chi connectivity index (χ0v) is 14.5. The summed E-state index contributed by atoms with van der Waals surface area (Å²) in [6, 6.07) is 1.28. The van der Waals surface area contributed by atoms with E-state index in [1.54, 1.807) is 0 Å². The van der Waals surface area contributed by atoms with Crippen LogP contribution >= 0.6 is 0 Å². The molecular formula is C17H36N2. The van der Waals surface area contributed by atoms with Crippen molar-refractivity contribution in [1.29, 1.82) is 0 Å². The van der Waals surface area contributed by atoms with Gasteiger partial charge >= 0.3 is 0 Å². The van der Waals surface area contributed by atoms with Crippen LogP contribution in [-0.2, 0) is 0 Å². The number of hydrogen-bond donors (Lipinski definition) is 1. The lowest BCUT2D eigenvalue weighted by atomic mass is 9.82. The second-order valence-electron chi connectivity index (χ2n) is 8.28. The Bertz CT molecular complexity index is 257. The fourth-order valence-corrected chi connectivity index (χ4v) is 3.22. The molecule has 0 radical (unpaired) electrons. The van der Waals surface area contributed by atoms with E-state index in [2.05, 4.69) is 65.6 Å². The summed E-state index contributed by atoms with van der Waals surface area (Å²) in [5.74, 6) is 2.35. The zero-order valence-electron chi connectivity index (χ0n) is 14.5. The molecule has 1 fully saturated rings. The molecule has 0 bridgehead atoms. The molecule has 0 aliphatic carbocycles. The van der Waals surface area contributed by atoms with Gasteiger partial charge in [-0.2, -0.15) is 0 Å². The van der Waals surface area contributed by atoms with Gasteiger partial charge in [-0.25, -0.2) is 0 Å². The van der Waals surface area contributed by atoms with Crippen molar-refractivity contribution >= 4 is 0 Å². The highest BCUT2D eigenvalue weighted by atomic mass is 15.2. The molecule has 2 unspecified atom stereocenters. The van der Waals surface area contributed by atoms with Gasteiger partial charge < -0.3 is 5.32 Å². The van der Waals surface area contributed by atoms with Gasteiger partial charge in [-0.15, -0.1) is 0 Å². The molecule has 19 heavy (non-hydrogen) atoms. The van der Waals surface area contributed by atoms with E-state index in [9.17, 15) is 0 Å². The van der Waals surface area contributed by atoms with Crippen molar-refractivity contribution in [2.75, 3.05) is 19.6 Å². The molecule has 0 aromatic heterocycles.